The minimum Gasteiger partial charge on any atom is -0.478 e. The van der Waals surface area contributed by atoms with Crippen LogP contribution < -0.4 is 5.32 Å². The average Bonchev–Trinajstić information content (AvgIpc) is 2.81. The van der Waals surface area contributed by atoms with Crippen molar-refractivity contribution in [1.82, 2.24) is 0 Å². The highest BCUT2D eigenvalue weighted by atomic mass is 19.1. The molecule has 21 heavy (non-hydrogen) atoms. The Labute approximate surface area is 121 Å². The number of hydrogen-bond acceptors (Lipinski definition) is 4. The van der Waals surface area contributed by atoms with Gasteiger partial charge in [-0.1, -0.05) is 13.3 Å². The van der Waals surface area contributed by atoms with Gasteiger partial charge in [-0.05, 0) is 24.7 Å². The van der Waals surface area contributed by atoms with Crippen LogP contribution in [-0.2, 0) is 0 Å². The number of nitrogens with one attached hydrogen (secondary N) is 1. The lowest BCUT2D eigenvalue weighted by Gasteiger charge is -2.13. The number of nitro groups is 1. The minimum atomic E-state index is -1.52. The third-order valence-corrected chi connectivity index (χ3v) is 3.90. The molecule has 1 fully saturated rings. The summed E-state index contributed by atoms with van der Waals surface area (Å²) >= 11 is 0. The van der Waals surface area contributed by atoms with Gasteiger partial charge in [-0.2, -0.15) is 0 Å². The number of aromatic carboxylic acids is 1. The normalized spacial score (nSPS) is 21.2. The topological polar surface area (TPSA) is 92.5 Å². The summed E-state index contributed by atoms with van der Waals surface area (Å²) in [4.78, 5) is 21.1. The molecule has 2 rings (SSSR count). The number of hydrogen-bond donors (Lipinski definition) is 2. The SMILES string of the molecule is CC1CCC(CNc2cc(F)c(C(=O)O)cc2[N+](=O)[O-])C1. The number of nitro benzene ring substituents is 1. The number of nitrogens with zero attached hydrogens (tertiary/aromatic N) is 1. The molecule has 0 amide bonds. The molecule has 114 valence electrons. The fourth-order valence-corrected chi connectivity index (χ4v) is 2.78. The quantitative estimate of drug-likeness (QED) is 0.642. The molecule has 1 aliphatic carbocycles. The van der Waals surface area contributed by atoms with Crippen LogP contribution >= 0.6 is 0 Å². The first-order valence-corrected chi connectivity index (χ1v) is 6.83. The van der Waals surface area contributed by atoms with Crippen molar-refractivity contribution in [2.45, 2.75) is 26.2 Å². The number of halogens is 1. The predicted molar refractivity (Wildman–Crippen MR) is 75.0 cm³/mol. The van der Waals surface area contributed by atoms with E-state index in [1.165, 1.54) is 0 Å². The van der Waals surface area contributed by atoms with Gasteiger partial charge in [0.05, 0.1) is 4.92 Å². The van der Waals surface area contributed by atoms with Crippen molar-refractivity contribution in [3.63, 3.8) is 0 Å². The maximum atomic E-state index is 13.7. The van der Waals surface area contributed by atoms with Crippen molar-refractivity contribution in [1.29, 1.82) is 0 Å². The van der Waals surface area contributed by atoms with Gasteiger partial charge in [0.1, 0.15) is 17.1 Å². The van der Waals surface area contributed by atoms with E-state index in [9.17, 15) is 19.3 Å². The van der Waals surface area contributed by atoms with E-state index in [1.54, 1.807) is 0 Å². The molecule has 1 aromatic rings. The number of carbonyl (C=O) groups is 1. The van der Waals surface area contributed by atoms with Gasteiger partial charge in [-0.3, -0.25) is 10.1 Å². The summed E-state index contributed by atoms with van der Waals surface area (Å²) in [6, 6.07) is 1.65. The number of benzene rings is 1. The summed E-state index contributed by atoms with van der Waals surface area (Å²) in [6.45, 7) is 2.68. The molecule has 6 nitrogen and oxygen atoms in total. The maximum Gasteiger partial charge on any atom is 0.338 e. The Morgan fingerprint density at radius 1 is 1.52 bits per heavy atom. The highest BCUT2D eigenvalue weighted by molar-refractivity contribution is 5.90. The van der Waals surface area contributed by atoms with Gasteiger partial charge >= 0.3 is 5.97 Å². The van der Waals surface area contributed by atoms with E-state index in [1.807, 2.05) is 0 Å². The molecule has 7 heteroatoms. The average molecular weight is 296 g/mol. The Hall–Kier alpha value is -2.18. The van der Waals surface area contributed by atoms with Crippen LogP contribution in [0.5, 0.6) is 0 Å². The van der Waals surface area contributed by atoms with Crippen molar-refractivity contribution in [3.8, 4) is 0 Å². The smallest absolute Gasteiger partial charge is 0.338 e. The van der Waals surface area contributed by atoms with Gasteiger partial charge in [0, 0.05) is 18.7 Å². The van der Waals surface area contributed by atoms with Crippen LogP contribution in [0, 0.1) is 27.8 Å². The van der Waals surface area contributed by atoms with Crippen molar-refractivity contribution in [3.05, 3.63) is 33.6 Å². The lowest BCUT2D eigenvalue weighted by atomic mass is 10.1. The van der Waals surface area contributed by atoms with E-state index >= 15 is 0 Å². The third kappa shape index (κ3) is 3.48. The van der Waals surface area contributed by atoms with Crippen LogP contribution in [0.4, 0.5) is 15.8 Å². The summed E-state index contributed by atoms with van der Waals surface area (Å²) in [7, 11) is 0. The molecule has 1 aromatic carbocycles. The zero-order valence-electron chi connectivity index (χ0n) is 11.6. The van der Waals surface area contributed by atoms with Gasteiger partial charge in [-0.15, -0.1) is 0 Å². The molecule has 2 N–H and O–H groups in total. The van der Waals surface area contributed by atoms with Crippen molar-refractivity contribution in [2.24, 2.45) is 11.8 Å². The summed E-state index contributed by atoms with van der Waals surface area (Å²) in [5.41, 5.74) is -1.08. The fourth-order valence-electron chi connectivity index (χ4n) is 2.78. The molecular weight excluding hydrogens is 279 g/mol. The van der Waals surface area contributed by atoms with Crippen LogP contribution in [0.25, 0.3) is 0 Å². The monoisotopic (exact) mass is 296 g/mol. The highest BCUT2D eigenvalue weighted by Crippen LogP contribution is 2.32. The molecule has 2 unspecified atom stereocenters. The van der Waals surface area contributed by atoms with Crippen molar-refractivity contribution < 1.29 is 19.2 Å². The van der Waals surface area contributed by atoms with Crippen molar-refractivity contribution in [2.75, 3.05) is 11.9 Å². The first-order valence-electron chi connectivity index (χ1n) is 6.83. The second kappa shape index (κ2) is 6.07. The van der Waals surface area contributed by atoms with Gasteiger partial charge in [0.15, 0.2) is 0 Å². The molecule has 1 saturated carbocycles. The molecule has 2 atom stereocenters. The van der Waals surface area contributed by atoms with Crippen LogP contribution in [0.1, 0.15) is 36.5 Å². The first-order chi connectivity index (χ1) is 9.88. The van der Waals surface area contributed by atoms with Crippen molar-refractivity contribution >= 4 is 17.3 Å². The number of carboxylic acid groups (broad SMARTS) is 1. The number of carboxylic acids is 1. The highest BCUT2D eigenvalue weighted by Gasteiger charge is 2.24. The molecule has 1 aliphatic rings. The van der Waals surface area contributed by atoms with Gasteiger partial charge < -0.3 is 10.4 Å². The number of anilines is 1. The van der Waals surface area contributed by atoms with Crippen LogP contribution in [0.3, 0.4) is 0 Å². The standard InChI is InChI=1S/C14H17FN2O4/c1-8-2-3-9(4-8)7-16-12-6-11(15)10(14(18)19)5-13(12)17(20)21/h5-6,8-9,16H,2-4,7H2,1H3,(H,18,19). The Kier molecular flexibility index (Phi) is 4.40. The Morgan fingerprint density at radius 3 is 2.76 bits per heavy atom. The molecule has 0 radical (unpaired) electrons. The third-order valence-electron chi connectivity index (χ3n) is 3.90. The second-order valence-corrected chi connectivity index (χ2v) is 5.58. The minimum absolute atomic E-state index is 0.0297. The summed E-state index contributed by atoms with van der Waals surface area (Å²) < 4.78 is 13.7. The molecule has 0 saturated heterocycles. The zero-order valence-corrected chi connectivity index (χ0v) is 11.6. The molecule has 0 bridgehead atoms. The van der Waals surface area contributed by atoms with Crippen LogP contribution in [-0.4, -0.2) is 22.5 Å². The largest absolute Gasteiger partial charge is 0.478 e. The predicted octanol–water partition coefficient (Wildman–Crippen LogP) is 3.28. The Bertz CT molecular complexity index is 576. The zero-order chi connectivity index (χ0) is 15.6. The fraction of sp³-hybridized carbons (Fsp3) is 0.500. The summed E-state index contributed by atoms with van der Waals surface area (Å²) in [5, 5.41) is 22.7. The molecular formula is C14H17FN2O4. The molecule has 0 heterocycles. The lowest BCUT2D eigenvalue weighted by molar-refractivity contribution is -0.384. The Balaban J connectivity index is 2.19. The van der Waals surface area contributed by atoms with E-state index in [0.29, 0.717) is 18.4 Å². The summed E-state index contributed by atoms with van der Waals surface area (Å²) in [6.07, 6.45) is 3.20. The molecule has 0 aromatic heterocycles. The first kappa shape index (κ1) is 15.2. The van der Waals surface area contributed by atoms with E-state index in [2.05, 4.69) is 12.2 Å². The molecule has 0 aliphatic heterocycles. The van der Waals surface area contributed by atoms with E-state index < -0.39 is 28.0 Å². The van der Waals surface area contributed by atoms with Crippen LogP contribution in [0.15, 0.2) is 12.1 Å². The van der Waals surface area contributed by atoms with Crippen LogP contribution in [0.2, 0.25) is 0 Å². The molecule has 0 spiro atoms. The van der Waals surface area contributed by atoms with Gasteiger partial charge in [-0.25, -0.2) is 9.18 Å². The summed E-state index contributed by atoms with van der Waals surface area (Å²) in [5.74, 6) is -1.46. The van der Waals surface area contributed by atoms with Gasteiger partial charge in [0.2, 0.25) is 0 Å². The van der Waals surface area contributed by atoms with E-state index in [0.717, 1.165) is 31.4 Å². The van der Waals surface area contributed by atoms with E-state index in [-0.39, 0.29) is 5.69 Å². The van der Waals surface area contributed by atoms with E-state index in [4.69, 9.17) is 5.11 Å². The van der Waals surface area contributed by atoms with Gasteiger partial charge in [0.25, 0.3) is 5.69 Å². The second-order valence-electron chi connectivity index (χ2n) is 5.58. The Morgan fingerprint density at radius 2 is 2.24 bits per heavy atom. The lowest BCUT2D eigenvalue weighted by Crippen LogP contribution is -2.13. The maximum absolute atomic E-state index is 13.7. The number of rotatable bonds is 5.